The number of imide groups is 1. The van der Waals surface area contributed by atoms with E-state index in [1.165, 1.54) is 6.92 Å². The summed E-state index contributed by atoms with van der Waals surface area (Å²) >= 11 is 0. The maximum absolute atomic E-state index is 12.2. The zero-order valence-electron chi connectivity index (χ0n) is 12.6. The highest BCUT2D eigenvalue weighted by Gasteiger charge is 2.36. The molecule has 1 fully saturated rings. The van der Waals surface area contributed by atoms with Gasteiger partial charge in [0.25, 0.3) is 5.91 Å². The molecular weight excluding hydrogens is 272 g/mol. The molecule has 0 aromatic heterocycles. The van der Waals surface area contributed by atoms with Crippen LogP contribution in [0.15, 0.2) is 16.8 Å². The quantitative estimate of drug-likeness (QED) is 0.699. The summed E-state index contributed by atoms with van der Waals surface area (Å²) in [6.45, 7) is 7.17. The fourth-order valence-electron chi connectivity index (χ4n) is 2.40. The van der Waals surface area contributed by atoms with Gasteiger partial charge in [-0.15, -0.1) is 0 Å². The Hall–Kier alpha value is -2.18. The first-order valence-electron chi connectivity index (χ1n) is 6.81. The van der Waals surface area contributed by atoms with E-state index in [1.807, 2.05) is 20.8 Å². The van der Waals surface area contributed by atoms with E-state index in [9.17, 15) is 14.4 Å². The molecule has 7 heteroatoms. The Labute approximate surface area is 123 Å². The zero-order chi connectivity index (χ0) is 15.8. The average molecular weight is 292 g/mol. The molecule has 2 unspecified atom stereocenters. The molecule has 2 atom stereocenters. The Morgan fingerprint density at radius 2 is 2.10 bits per heavy atom. The summed E-state index contributed by atoms with van der Waals surface area (Å²) in [5, 5.41) is 5.60. The topological polar surface area (TPSA) is 90.9 Å². The van der Waals surface area contributed by atoms with Crippen molar-refractivity contribution in [3.63, 3.8) is 0 Å². The minimum Gasteiger partial charge on any atom is -0.348 e. The molecule has 0 radical (unpaired) electrons. The van der Waals surface area contributed by atoms with Crippen LogP contribution in [0.1, 0.15) is 27.7 Å². The molecular formula is C14H20N4O3. The predicted molar refractivity (Wildman–Crippen MR) is 77.3 cm³/mol. The van der Waals surface area contributed by atoms with E-state index >= 15 is 0 Å². The molecule has 1 saturated heterocycles. The Balaban J connectivity index is 2.25. The lowest BCUT2D eigenvalue weighted by atomic mass is 9.85. The molecule has 2 aliphatic rings. The van der Waals surface area contributed by atoms with E-state index in [-0.39, 0.29) is 23.9 Å². The van der Waals surface area contributed by atoms with E-state index in [1.54, 1.807) is 12.4 Å². The second-order valence-electron chi connectivity index (χ2n) is 6.30. The van der Waals surface area contributed by atoms with Gasteiger partial charge in [-0.3, -0.25) is 24.3 Å². The third-order valence-corrected chi connectivity index (χ3v) is 3.45. The number of carbonyl (C=O) groups is 3. The molecule has 21 heavy (non-hydrogen) atoms. The van der Waals surface area contributed by atoms with Gasteiger partial charge >= 0.3 is 0 Å². The van der Waals surface area contributed by atoms with E-state index in [2.05, 4.69) is 15.6 Å². The van der Waals surface area contributed by atoms with Crippen molar-refractivity contribution < 1.29 is 14.4 Å². The number of hydrogen-bond acceptors (Lipinski definition) is 5. The van der Waals surface area contributed by atoms with Crippen LogP contribution in [0.5, 0.6) is 0 Å². The fraction of sp³-hybridized carbons (Fsp3) is 0.571. The van der Waals surface area contributed by atoms with Gasteiger partial charge in [0, 0.05) is 12.6 Å². The summed E-state index contributed by atoms with van der Waals surface area (Å²) in [5.74, 6) is -1.20. The highest BCUT2D eigenvalue weighted by atomic mass is 16.2. The lowest BCUT2D eigenvalue weighted by Gasteiger charge is -2.30. The summed E-state index contributed by atoms with van der Waals surface area (Å²) in [6, 6.07) is -0.959. The van der Waals surface area contributed by atoms with Crippen LogP contribution in [0.4, 0.5) is 0 Å². The lowest BCUT2D eigenvalue weighted by molar-refractivity contribution is -0.151. The summed E-state index contributed by atoms with van der Waals surface area (Å²) in [7, 11) is 0. The van der Waals surface area contributed by atoms with Crippen LogP contribution < -0.4 is 10.6 Å². The Morgan fingerprint density at radius 1 is 1.43 bits per heavy atom. The van der Waals surface area contributed by atoms with Crippen LogP contribution >= 0.6 is 0 Å². The smallest absolute Gasteiger partial charge is 0.256 e. The number of piperazine rings is 1. The Kier molecular flexibility index (Phi) is 3.85. The van der Waals surface area contributed by atoms with Crippen LogP contribution in [0, 0.1) is 5.41 Å². The molecule has 0 bridgehead atoms. The van der Waals surface area contributed by atoms with Gasteiger partial charge in [-0.25, -0.2) is 0 Å². The van der Waals surface area contributed by atoms with Gasteiger partial charge in [-0.05, 0) is 11.5 Å². The third-order valence-electron chi connectivity index (χ3n) is 3.45. The number of carbonyl (C=O) groups excluding carboxylic acids is 3. The van der Waals surface area contributed by atoms with Crippen LogP contribution in [0.3, 0.4) is 0 Å². The van der Waals surface area contributed by atoms with Crippen LogP contribution in [0.25, 0.3) is 0 Å². The van der Waals surface area contributed by atoms with E-state index < -0.39 is 17.9 Å². The van der Waals surface area contributed by atoms with Crippen LogP contribution in [-0.2, 0) is 14.4 Å². The number of aliphatic imine (C=N–C) groups is 1. The number of nitrogens with one attached hydrogen (secondary N) is 2. The molecule has 3 amide bonds. The van der Waals surface area contributed by atoms with Gasteiger partial charge in [0.1, 0.15) is 12.6 Å². The van der Waals surface area contributed by atoms with Crippen molar-refractivity contribution >= 4 is 24.1 Å². The second-order valence-corrected chi connectivity index (χ2v) is 6.30. The average Bonchev–Trinajstić information content (AvgIpc) is 2.81. The van der Waals surface area contributed by atoms with Crippen molar-refractivity contribution in [3.05, 3.63) is 11.8 Å². The monoisotopic (exact) mass is 292 g/mol. The first kappa shape index (κ1) is 15.2. The minimum atomic E-state index is -0.843. The van der Waals surface area contributed by atoms with Crippen molar-refractivity contribution in [1.29, 1.82) is 0 Å². The summed E-state index contributed by atoms with van der Waals surface area (Å²) in [4.78, 5) is 40.6. The molecule has 2 rings (SSSR count). The van der Waals surface area contributed by atoms with E-state index in [4.69, 9.17) is 0 Å². The molecule has 2 N–H and O–H groups in total. The maximum atomic E-state index is 12.2. The zero-order valence-corrected chi connectivity index (χ0v) is 12.6. The number of nitrogens with zero attached hydrogens (tertiary/aromatic N) is 2. The maximum Gasteiger partial charge on any atom is 0.256 e. The normalized spacial score (nSPS) is 27.8. The summed E-state index contributed by atoms with van der Waals surface area (Å²) in [5.41, 5.74) is 0.639. The van der Waals surface area contributed by atoms with Crippen molar-refractivity contribution in [2.75, 3.05) is 6.54 Å². The fourth-order valence-corrected chi connectivity index (χ4v) is 2.40. The van der Waals surface area contributed by atoms with Gasteiger partial charge < -0.3 is 10.6 Å². The second kappa shape index (κ2) is 5.31. The predicted octanol–water partition coefficient (Wildman–Crippen LogP) is -0.210. The van der Waals surface area contributed by atoms with Crippen molar-refractivity contribution in [3.8, 4) is 0 Å². The molecule has 0 aromatic carbocycles. The van der Waals surface area contributed by atoms with Gasteiger partial charge in [-0.2, -0.15) is 0 Å². The first-order valence-corrected chi connectivity index (χ1v) is 6.81. The van der Waals surface area contributed by atoms with E-state index in [0.717, 1.165) is 10.6 Å². The van der Waals surface area contributed by atoms with Gasteiger partial charge in [0.05, 0.1) is 12.4 Å². The van der Waals surface area contributed by atoms with Crippen molar-refractivity contribution in [2.45, 2.75) is 39.8 Å². The molecule has 2 heterocycles. The largest absolute Gasteiger partial charge is 0.348 e. The number of amides is 3. The third kappa shape index (κ3) is 3.12. The molecule has 114 valence electrons. The van der Waals surface area contributed by atoms with Gasteiger partial charge in [0.2, 0.25) is 11.8 Å². The molecule has 0 saturated carbocycles. The molecule has 7 nitrogen and oxygen atoms in total. The van der Waals surface area contributed by atoms with Crippen molar-refractivity contribution in [2.24, 2.45) is 10.4 Å². The summed E-state index contributed by atoms with van der Waals surface area (Å²) in [6.07, 6.45) is 3.22. The standard InChI is InChI=1S/C14H20N4O3/c1-8(19)18-6-11(20)17-10(13(18)21)5-9-12(14(2,3)4)16-7-15-9/h5,7,10,12H,6H2,1-4H3,(H,15,16)(H,17,20). The minimum absolute atomic E-state index is 0.116. The molecule has 0 spiro atoms. The number of hydrogen-bond donors (Lipinski definition) is 2. The van der Waals surface area contributed by atoms with Gasteiger partial charge in [-0.1, -0.05) is 20.8 Å². The Morgan fingerprint density at radius 3 is 2.67 bits per heavy atom. The van der Waals surface area contributed by atoms with Gasteiger partial charge in [0.15, 0.2) is 0 Å². The lowest BCUT2D eigenvalue weighted by Crippen LogP contribution is -2.58. The Bertz CT molecular complexity index is 545. The van der Waals surface area contributed by atoms with Crippen molar-refractivity contribution in [1.82, 2.24) is 15.5 Å². The highest BCUT2D eigenvalue weighted by Crippen LogP contribution is 2.29. The summed E-state index contributed by atoms with van der Waals surface area (Å²) < 4.78 is 0. The molecule has 0 aliphatic carbocycles. The SMILES string of the molecule is CC(=O)N1CC(=O)NC(C=C2NC=NC2C(C)(C)C)C1=O. The van der Waals surface area contributed by atoms with Crippen LogP contribution in [0.2, 0.25) is 0 Å². The highest BCUT2D eigenvalue weighted by molar-refractivity contribution is 6.05. The molecule has 0 aromatic rings. The first-order chi connectivity index (χ1) is 9.70. The van der Waals surface area contributed by atoms with E-state index in [0.29, 0.717) is 0 Å². The molecule has 2 aliphatic heterocycles. The van der Waals surface area contributed by atoms with Crippen LogP contribution in [-0.4, -0.2) is 47.6 Å². The number of rotatable bonds is 1.